The number of nitrogens with two attached hydrogens (primary N) is 1. The van der Waals surface area contributed by atoms with Crippen LogP contribution in [0.3, 0.4) is 0 Å². The van der Waals surface area contributed by atoms with Gasteiger partial charge in [-0.15, -0.1) is 0 Å². The lowest BCUT2D eigenvalue weighted by Gasteiger charge is -2.37. The standard InChI is InChI=1S/C33H61N5O5/c1-6-14-37(15-7-2)33(43)27-20-25(31(34)41)19-26(21-27)32(42)35-28(18-24-12-10-9-11-13-24)29(39)22-38(16-8-3)36-30(40)17-23(4)5/h23-29,39H,6-22H2,1-5H3,(H2,34,41)(H,35,42)(H,36,40). The highest BCUT2D eigenvalue weighted by molar-refractivity contribution is 5.85. The van der Waals surface area contributed by atoms with Crippen molar-refractivity contribution in [2.75, 3.05) is 26.2 Å². The molecule has 0 aromatic carbocycles. The quantitative estimate of drug-likeness (QED) is 0.175. The van der Waals surface area contributed by atoms with E-state index in [0.29, 0.717) is 57.7 Å². The maximum absolute atomic E-state index is 13.8. The van der Waals surface area contributed by atoms with Gasteiger partial charge in [-0.3, -0.25) is 24.6 Å². The molecule has 10 heteroatoms. The molecule has 2 fully saturated rings. The first kappa shape index (κ1) is 37.0. The van der Waals surface area contributed by atoms with Crippen LogP contribution in [0.2, 0.25) is 0 Å². The number of rotatable bonds is 18. The fraction of sp³-hybridized carbons (Fsp3) is 0.879. The Morgan fingerprint density at radius 3 is 2.00 bits per heavy atom. The van der Waals surface area contributed by atoms with Crippen LogP contribution in [-0.2, 0) is 19.2 Å². The van der Waals surface area contributed by atoms with Crippen molar-refractivity contribution in [3.05, 3.63) is 0 Å². The largest absolute Gasteiger partial charge is 0.390 e. The average molecular weight is 608 g/mol. The summed E-state index contributed by atoms with van der Waals surface area (Å²) in [4.78, 5) is 54.1. The van der Waals surface area contributed by atoms with Gasteiger partial charge in [-0.05, 0) is 56.8 Å². The summed E-state index contributed by atoms with van der Waals surface area (Å²) in [7, 11) is 0. The zero-order chi connectivity index (χ0) is 31.9. The molecular formula is C33H61N5O5. The molecular weight excluding hydrogens is 546 g/mol. The van der Waals surface area contributed by atoms with E-state index in [-0.39, 0.29) is 30.2 Å². The number of hydrogen-bond donors (Lipinski definition) is 4. The third-order valence-corrected chi connectivity index (χ3v) is 9.01. The van der Waals surface area contributed by atoms with E-state index in [9.17, 15) is 24.3 Å². The smallest absolute Gasteiger partial charge is 0.234 e. The van der Waals surface area contributed by atoms with Gasteiger partial charge in [-0.25, -0.2) is 5.01 Å². The van der Waals surface area contributed by atoms with Crippen molar-refractivity contribution in [1.29, 1.82) is 0 Å². The lowest BCUT2D eigenvalue weighted by molar-refractivity contribution is -0.141. The van der Waals surface area contributed by atoms with Crippen LogP contribution >= 0.6 is 0 Å². The predicted molar refractivity (Wildman–Crippen MR) is 169 cm³/mol. The SMILES string of the molecule is CCCN(CC(O)C(CC1CCCCC1)NC(=O)C1CC(C(N)=O)CC(C(=O)N(CCC)CCC)C1)NC(=O)CC(C)C. The number of nitrogens with zero attached hydrogens (tertiary/aromatic N) is 2. The van der Waals surface area contributed by atoms with E-state index >= 15 is 0 Å². The highest BCUT2D eigenvalue weighted by Crippen LogP contribution is 2.35. The van der Waals surface area contributed by atoms with Crippen LogP contribution in [0, 0.1) is 29.6 Å². The minimum atomic E-state index is -0.894. The Bertz CT molecular complexity index is 872. The molecule has 10 nitrogen and oxygen atoms in total. The Morgan fingerprint density at radius 1 is 0.860 bits per heavy atom. The minimum Gasteiger partial charge on any atom is -0.390 e. The molecule has 5 atom stereocenters. The Kier molecular flexibility index (Phi) is 16.6. The number of nitrogens with one attached hydrogen (secondary N) is 2. The van der Waals surface area contributed by atoms with Crippen LogP contribution in [0.15, 0.2) is 0 Å². The molecule has 0 spiro atoms. The monoisotopic (exact) mass is 607 g/mol. The summed E-state index contributed by atoms with van der Waals surface area (Å²) >= 11 is 0. The highest BCUT2D eigenvalue weighted by atomic mass is 16.3. The molecule has 43 heavy (non-hydrogen) atoms. The summed E-state index contributed by atoms with van der Waals surface area (Å²) in [6.45, 7) is 12.2. The topological polar surface area (TPSA) is 145 Å². The molecule has 4 amide bonds. The number of aliphatic hydroxyl groups excluding tert-OH is 1. The second-order valence-corrected chi connectivity index (χ2v) is 13.5. The van der Waals surface area contributed by atoms with Crippen molar-refractivity contribution in [3.63, 3.8) is 0 Å². The Balaban J connectivity index is 2.21. The van der Waals surface area contributed by atoms with E-state index in [2.05, 4.69) is 10.7 Å². The van der Waals surface area contributed by atoms with Gasteiger partial charge in [0.2, 0.25) is 23.6 Å². The van der Waals surface area contributed by atoms with Gasteiger partial charge >= 0.3 is 0 Å². The molecule has 2 aliphatic rings. The number of primary amides is 1. The molecule has 0 bridgehead atoms. The van der Waals surface area contributed by atoms with Gasteiger partial charge in [0.25, 0.3) is 0 Å². The molecule has 248 valence electrons. The van der Waals surface area contributed by atoms with Crippen LogP contribution in [0.1, 0.15) is 118 Å². The van der Waals surface area contributed by atoms with Gasteiger partial charge in [0.15, 0.2) is 0 Å². The van der Waals surface area contributed by atoms with Crippen LogP contribution in [0.5, 0.6) is 0 Å². The third kappa shape index (κ3) is 12.7. The van der Waals surface area contributed by atoms with E-state index < -0.39 is 35.8 Å². The number of aliphatic hydroxyl groups is 1. The van der Waals surface area contributed by atoms with Crippen molar-refractivity contribution in [2.24, 2.45) is 35.3 Å². The van der Waals surface area contributed by atoms with Crippen LogP contribution in [0.25, 0.3) is 0 Å². The van der Waals surface area contributed by atoms with Crippen molar-refractivity contribution >= 4 is 23.6 Å². The summed E-state index contributed by atoms with van der Waals surface area (Å²) in [6.07, 6.45) is 9.34. The molecule has 5 N–H and O–H groups in total. The number of hydrogen-bond acceptors (Lipinski definition) is 6. The summed E-state index contributed by atoms with van der Waals surface area (Å²) in [5.41, 5.74) is 8.69. The molecule has 0 aliphatic heterocycles. The highest BCUT2D eigenvalue weighted by Gasteiger charge is 2.40. The molecule has 0 heterocycles. The molecule has 2 saturated carbocycles. The van der Waals surface area contributed by atoms with Gasteiger partial charge in [-0.1, -0.05) is 66.7 Å². The van der Waals surface area contributed by atoms with E-state index in [1.165, 1.54) is 6.42 Å². The molecule has 2 rings (SSSR count). The molecule has 0 aromatic rings. The number of carbonyl (C=O) groups excluding carboxylic acids is 4. The lowest BCUT2D eigenvalue weighted by Crippen LogP contribution is -2.54. The van der Waals surface area contributed by atoms with Crippen molar-refractivity contribution in [1.82, 2.24) is 20.7 Å². The van der Waals surface area contributed by atoms with Crippen molar-refractivity contribution < 1.29 is 24.3 Å². The maximum atomic E-state index is 13.8. The second kappa shape index (κ2) is 19.2. The first-order valence-corrected chi connectivity index (χ1v) is 17.1. The fourth-order valence-electron chi connectivity index (χ4n) is 6.90. The number of hydrazine groups is 1. The van der Waals surface area contributed by atoms with E-state index in [0.717, 1.165) is 44.9 Å². The first-order valence-electron chi connectivity index (χ1n) is 17.1. The maximum Gasteiger partial charge on any atom is 0.234 e. The van der Waals surface area contributed by atoms with Gasteiger partial charge in [0.1, 0.15) is 0 Å². The Hall–Kier alpha value is -2.20. The van der Waals surface area contributed by atoms with Gasteiger partial charge in [0, 0.05) is 50.4 Å². The van der Waals surface area contributed by atoms with Crippen molar-refractivity contribution in [3.8, 4) is 0 Å². The summed E-state index contributed by atoms with van der Waals surface area (Å²) < 4.78 is 0. The number of carbonyl (C=O) groups is 4. The van der Waals surface area contributed by atoms with Crippen LogP contribution in [0.4, 0.5) is 0 Å². The Morgan fingerprint density at radius 2 is 1.44 bits per heavy atom. The molecule has 5 unspecified atom stereocenters. The summed E-state index contributed by atoms with van der Waals surface area (Å²) in [5, 5.41) is 16.4. The van der Waals surface area contributed by atoms with E-state index in [1.807, 2.05) is 39.5 Å². The zero-order valence-electron chi connectivity index (χ0n) is 27.6. The molecule has 0 saturated heterocycles. The van der Waals surface area contributed by atoms with Crippen molar-refractivity contribution in [2.45, 2.75) is 130 Å². The predicted octanol–water partition coefficient (Wildman–Crippen LogP) is 3.76. The second-order valence-electron chi connectivity index (χ2n) is 13.5. The minimum absolute atomic E-state index is 0.00131. The average Bonchev–Trinajstić information content (AvgIpc) is 2.96. The normalized spacial score (nSPS) is 22.7. The van der Waals surface area contributed by atoms with Gasteiger partial charge in [-0.2, -0.15) is 0 Å². The molecule has 2 aliphatic carbocycles. The summed E-state index contributed by atoms with van der Waals surface area (Å²) in [6, 6.07) is -0.503. The molecule has 0 aromatic heterocycles. The molecule has 0 radical (unpaired) electrons. The lowest BCUT2D eigenvalue weighted by atomic mass is 9.73. The van der Waals surface area contributed by atoms with Crippen LogP contribution in [-0.4, -0.2) is 77.0 Å². The Labute approximate surface area is 260 Å². The first-order chi connectivity index (χ1) is 20.5. The zero-order valence-corrected chi connectivity index (χ0v) is 27.6. The van der Waals surface area contributed by atoms with E-state index in [4.69, 9.17) is 5.73 Å². The summed E-state index contributed by atoms with van der Waals surface area (Å²) in [5.74, 6) is -1.68. The van der Waals surface area contributed by atoms with Crippen LogP contribution < -0.4 is 16.5 Å². The number of amides is 4. The van der Waals surface area contributed by atoms with Gasteiger partial charge in [0.05, 0.1) is 12.1 Å². The van der Waals surface area contributed by atoms with E-state index in [1.54, 1.807) is 5.01 Å². The fourth-order valence-corrected chi connectivity index (χ4v) is 6.90. The third-order valence-electron chi connectivity index (χ3n) is 9.01. The van der Waals surface area contributed by atoms with Gasteiger partial charge < -0.3 is 21.1 Å².